The predicted molar refractivity (Wildman–Crippen MR) is 98.9 cm³/mol. The SMILES string of the molecule is CNC(N)=O.O=C(O)c1cc2cc3c(cc2nc1-c1ccccc1)OCO3. The van der Waals surface area contributed by atoms with Crippen LogP contribution in [0.4, 0.5) is 4.79 Å². The van der Waals surface area contributed by atoms with Gasteiger partial charge in [0, 0.05) is 24.1 Å². The van der Waals surface area contributed by atoms with Gasteiger partial charge in [-0.05, 0) is 12.1 Å². The molecule has 4 N–H and O–H groups in total. The minimum atomic E-state index is -1.01. The van der Waals surface area contributed by atoms with Gasteiger partial charge in [-0.3, -0.25) is 0 Å². The number of primary amides is 1. The normalized spacial score (nSPS) is 11.4. The first-order valence-corrected chi connectivity index (χ1v) is 8.00. The fraction of sp³-hybridized carbons (Fsp3) is 0.105. The Bertz CT molecular complexity index is 1010. The molecular weight excluding hydrogens is 350 g/mol. The van der Waals surface area contributed by atoms with Crippen LogP contribution in [-0.4, -0.2) is 35.9 Å². The third-order valence-electron chi connectivity index (χ3n) is 3.83. The first-order chi connectivity index (χ1) is 13.0. The molecule has 0 bridgehead atoms. The molecule has 8 nitrogen and oxygen atoms in total. The highest BCUT2D eigenvalue weighted by Gasteiger charge is 2.19. The minimum Gasteiger partial charge on any atom is -0.478 e. The Hall–Kier alpha value is -3.81. The molecule has 1 aromatic heterocycles. The number of nitrogens with zero attached hydrogens (tertiary/aromatic N) is 1. The van der Waals surface area contributed by atoms with Crippen LogP contribution < -0.4 is 20.5 Å². The number of nitrogens with two attached hydrogens (primary N) is 1. The summed E-state index contributed by atoms with van der Waals surface area (Å²) in [4.78, 5) is 25.6. The third kappa shape index (κ3) is 3.90. The molecule has 2 amide bonds. The van der Waals surface area contributed by atoms with E-state index in [0.717, 1.165) is 5.56 Å². The molecule has 0 atom stereocenters. The maximum Gasteiger partial charge on any atom is 0.337 e. The van der Waals surface area contributed by atoms with Crippen LogP contribution in [0, 0.1) is 0 Å². The molecule has 0 saturated heterocycles. The first-order valence-electron chi connectivity index (χ1n) is 8.00. The van der Waals surface area contributed by atoms with Crippen LogP contribution in [0.2, 0.25) is 0 Å². The Morgan fingerprint density at radius 1 is 1.11 bits per heavy atom. The Balaban J connectivity index is 0.000000376. The zero-order valence-corrected chi connectivity index (χ0v) is 14.4. The van der Waals surface area contributed by atoms with Crippen LogP contribution in [0.3, 0.4) is 0 Å². The predicted octanol–water partition coefficient (Wildman–Crippen LogP) is 2.61. The van der Waals surface area contributed by atoms with E-state index in [9.17, 15) is 14.7 Å². The smallest absolute Gasteiger partial charge is 0.337 e. The quantitative estimate of drug-likeness (QED) is 0.640. The summed E-state index contributed by atoms with van der Waals surface area (Å²) in [6, 6.07) is 13.9. The van der Waals surface area contributed by atoms with Gasteiger partial charge in [0.2, 0.25) is 6.79 Å². The summed E-state index contributed by atoms with van der Waals surface area (Å²) in [5.74, 6) is 0.228. The number of hydrogen-bond acceptors (Lipinski definition) is 5. The average Bonchev–Trinajstić information content (AvgIpc) is 3.13. The number of pyridine rings is 1. The number of amides is 2. The van der Waals surface area contributed by atoms with Crippen LogP contribution >= 0.6 is 0 Å². The van der Waals surface area contributed by atoms with Crippen molar-refractivity contribution >= 4 is 22.9 Å². The van der Waals surface area contributed by atoms with Gasteiger partial charge in [0.05, 0.1) is 16.8 Å². The zero-order valence-electron chi connectivity index (χ0n) is 14.4. The zero-order chi connectivity index (χ0) is 19.4. The second-order valence-electron chi connectivity index (χ2n) is 5.57. The Kier molecular flexibility index (Phi) is 5.07. The molecule has 0 unspecified atom stereocenters. The van der Waals surface area contributed by atoms with Gasteiger partial charge in [-0.15, -0.1) is 0 Å². The number of aromatic nitrogens is 1. The van der Waals surface area contributed by atoms with Gasteiger partial charge >= 0.3 is 12.0 Å². The number of carboxylic acids is 1. The Morgan fingerprint density at radius 3 is 2.33 bits per heavy atom. The highest BCUT2D eigenvalue weighted by atomic mass is 16.7. The standard InChI is InChI=1S/C17H11NO4.C2H6N2O/c19-17(20)12-6-11-7-14-15(22-9-21-14)8-13(11)18-16(12)10-4-2-1-3-5-10;1-4-2(3)5/h1-8H,9H2,(H,19,20);1H3,(H3,3,4,5). The molecule has 4 rings (SSSR count). The van der Waals surface area contributed by atoms with E-state index < -0.39 is 12.0 Å². The van der Waals surface area contributed by atoms with Crippen LogP contribution in [-0.2, 0) is 0 Å². The van der Waals surface area contributed by atoms with E-state index in [4.69, 9.17) is 9.47 Å². The van der Waals surface area contributed by atoms with E-state index in [0.29, 0.717) is 28.1 Å². The van der Waals surface area contributed by atoms with Crippen molar-refractivity contribution in [2.45, 2.75) is 0 Å². The minimum absolute atomic E-state index is 0.164. The maximum absolute atomic E-state index is 11.6. The van der Waals surface area contributed by atoms with Crippen molar-refractivity contribution in [3.05, 3.63) is 54.1 Å². The number of benzene rings is 2. The molecule has 8 heteroatoms. The number of aromatic carboxylic acids is 1. The first kappa shape index (κ1) is 18.0. The van der Waals surface area contributed by atoms with E-state index in [1.807, 2.05) is 30.3 Å². The molecular formula is C19H17N3O5. The van der Waals surface area contributed by atoms with Crippen LogP contribution in [0.1, 0.15) is 10.4 Å². The molecule has 1 aliphatic rings. The molecule has 0 radical (unpaired) electrons. The van der Waals surface area contributed by atoms with Crippen molar-refractivity contribution < 1.29 is 24.2 Å². The van der Waals surface area contributed by atoms with E-state index >= 15 is 0 Å². The number of urea groups is 1. The van der Waals surface area contributed by atoms with Crippen molar-refractivity contribution in [1.29, 1.82) is 0 Å². The van der Waals surface area contributed by atoms with Gasteiger partial charge in [0.25, 0.3) is 0 Å². The lowest BCUT2D eigenvalue weighted by atomic mass is 10.0. The van der Waals surface area contributed by atoms with Crippen LogP contribution in [0.5, 0.6) is 11.5 Å². The number of nitrogens with one attached hydrogen (secondary N) is 1. The number of carbonyl (C=O) groups excluding carboxylic acids is 1. The topological polar surface area (TPSA) is 124 Å². The molecule has 138 valence electrons. The second-order valence-corrected chi connectivity index (χ2v) is 5.57. The fourth-order valence-corrected chi connectivity index (χ4v) is 2.54. The molecule has 1 aliphatic heterocycles. The summed E-state index contributed by atoms with van der Waals surface area (Å²) in [6.45, 7) is 0.170. The summed E-state index contributed by atoms with van der Waals surface area (Å²) < 4.78 is 10.7. The molecule has 2 aromatic carbocycles. The maximum atomic E-state index is 11.6. The van der Waals surface area contributed by atoms with Crippen molar-refractivity contribution in [2.75, 3.05) is 13.8 Å². The van der Waals surface area contributed by atoms with Crippen molar-refractivity contribution in [1.82, 2.24) is 10.3 Å². The summed E-state index contributed by atoms with van der Waals surface area (Å²) in [6.07, 6.45) is 0. The summed E-state index contributed by atoms with van der Waals surface area (Å²) >= 11 is 0. The molecule has 0 spiro atoms. The molecule has 0 aliphatic carbocycles. The molecule has 2 heterocycles. The lowest BCUT2D eigenvalue weighted by Crippen LogP contribution is -2.24. The van der Waals surface area contributed by atoms with Crippen molar-refractivity contribution in [3.63, 3.8) is 0 Å². The highest BCUT2D eigenvalue weighted by Crippen LogP contribution is 2.37. The van der Waals surface area contributed by atoms with Gasteiger partial charge in [-0.25, -0.2) is 14.6 Å². The highest BCUT2D eigenvalue weighted by molar-refractivity contribution is 6.00. The monoisotopic (exact) mass is 367 g/mol. The Morgan fingerprint density at radius 2 is 1.74 bits per heavy atom. The van der Waals surface area contributed by atoms with Crippen LogP contribution in [0.25, 0.3) is 22.2 Å². The van der Waals surface area contributed by atoms with Crippen molar-refractivity contribution in [3.8, 4) is 22.8 Å². The lowest BCUT2D eigenvalue weighted by Gasteiger charge is -2.08. The van der Waals surface area contributed by atoms with E-state index in [1.165, 1.54) is 7.05 Å². The van der Waals surface area contributed by atoms with Gasteiger partial charge < -0.3 is 25.6 Å². The number of fused-ring (bicyclic) bond motifs is 2. The number of carbonyl (C=O) groups is 2. The van der Waals surface area contributed by atoms with E-state index in [-0.39, 0.29) is 12.4 Å². The van der Waals surface area contributed by atoms with Crippen molar-refractivity contribution in [2.24, 2.45) is 5.73 Å². The summed E-state index contributed by atoms with van der Waals surface area (Å²) in [5.41, 5.74) is 6.59. The molecule has 27 heavy (non-hydrogen) atoms. The fourth-order valence-electron chi connectivity index (χ4n) is 2.54. The van der Waals surface area contributed by atoms with Gasteiger partial charge in [0.15, 0.2) is 11.5 Å². The third-order valence-corrected chi connectivity index (χ3v) is 3.83. The number of carboxylic acid groups (broad SMARTS) is 1. The summed E-state index contributed by atoms with van der Waals surface area (Å²) in [7, 11) is 1.47. The van der Waals surface area contributed by atoms with Gasteiger partial charge in [0.1, 0.15) is 0 Å². The van der Waals surface area contributed by atoms with Gasteiger partial charge in [-0.2, -0.15) is 0 Å². The molecule has 3 aromatic rings. The number of hydrogen-bond donors (Lipinski definition) is 3. The number of rotatable bonds is 2. The van der Waals surface area contributed by atoms with Gasteiger partial charge in [-0.1, -0.05) is 30.3 Å². The van der Waals surface area contributed by atoms with E-state index in [1.54, 1.807) is 18.2 Å². The lowest BCUT2D eigenvalue weighted by molar-refractivity contribution is 0.0697. The Labute approximate surface area is 154 Å². The summed E-state index contributed by atoms with van der Waals surface area (Å²) in [5, 5.41) is 12.4. The number of ether oxygens (including phenoxy) is 2. The molecule has 0 saturated carbocycles. The second kappa shape index (κ2) is 7.61. The molecule has 0 fully saturated rings. The van der Waals surface area contributed by atoms with E-state index in [2.05, 4.69) is 16.0 Å². The average molecular weight is 367 g/mol. The largest absolute Gasteiger partial charge is 0.478 e. The van der Waals surface area contributed by atoms with Crippen LogP contribution in [0.15, 0.2) is 48.5 Å².